The molecule has 13 nitrogen and oxygen atoms in total. The Morgan fingerprint density at radius 1 is 0.829 bits per heavy atom. The maximum Gasteiger partial charge on any atom is 0.407 e. The number of non-ortho nitro benzene ring substituents is 1. The van der Waals surface area contributed by atoms with Crippen molar-refractivity contribution in [3.05, 3.63) is 39.9 Å². The van der Waals surface area contributed by atoms with Gasteiger partial charge in [0.25, 0.3) is 5.69 Å². The number of carbonyl (C=O) groups is 2. The smallest absolute Gasteiger partial charge is 0.407 e. The normalized spacial score (nSPS) is 12.1. The Bertz CT molecular complexity index is 885. The van der Waals surface area contributed by atoms with Crippen molar-refractivity contribution in [3.63, 3.8) is 0 Å². The molecule has 0 aliphatic rings. The van der Waals surface area contributed by atoms with Gasteiger partial charge in [0.05, 0.1) is 4.92 Å². The molecule has 0 spiro atoms. The lowest BCUT2D eigenvalue weighted by molar-refractivity contribution is -0.384. The summed E-state index contributed by atoms with van der Waals surface area (Å²) >= 11 is 0. The second-order valence-electron chi connectivity index (χ2n) is 12.0. The molecule has 0 heterocycles. The van der Waals surface area contributed by atoms with Crippen LogP contribution in [0, 0.1) is 16.0 Å². The zero-order chi connectivity index (χ0) is 31.1. The lowest BCUT2D eigenvalue weighted by atomic mass is 9.97. The maximum atomic E-state index is 12.1. The average molecular weight is 582 g/mol. The summed E-state index contributed by atoms with van der Waals surface area (Å²) in [5, 5.41) is 16.7. The van der Waals surface area contributed by atoms with Crippen LogP contribution in [-0.4, -0.2) is 104 Å². The van der Waals surface area contributed by atoms with E-state index < -0.39 is 28.3 Å². The van der Waals surface area contributed by atoms with Crippen molar-refractivity contribution >= 4 is 17.9 Å². The van der Waals surface area contributed by atoms with Crippen molar-refractivity contribution in [2.45, 2.75) is 59.2 Å². The molecule has 0 bridgehead atoms. The van der Waals surface area contributed by atoms with E-state index in [4.69, 9.17) is 20.9 Å². The fraction of sp³-hybridized carbons (Fsp3) is 0.714. The van der Waals surface area contributed by atoms with Gasteiger partial charge in [-0.2, -0.15) is 0 Å². The van der Waals surface area contributed by atoms with Crippen LogP contribution in [0.5, 0.6) is 0 Å². The second kappa shape index (κ2) is 17.7. The Morgan fingerprint density at radius 2 is 1.24 bits per heavy atom. The van der Waals surface area contributed by atoms with Gasteiger partial charge in [-0.3, -0.25) is 19.9 Å². The molecule has 0 fully saturated rings. The van der Waals surface area contributed by atoms with Gasteiger partial charge in [0.15, 0.2) is 0 Å². The summed E-state index contributed by atoms with van der Waals surface area (Å²) in [5.41, 5.74) is 11.7. The number of hydrogen-bond donors (Lipinski definition) is 4. The first kappa shape index (κ1) is 36.0. The first-order chi connectivity index (χ1) is 19.1. The van der Waals surface area contributed by atoms with E-state index in [1.165, 1.54) is 12.1 Å². The molecule has 0 aromatic heterocycles. The van der Waals surface area contributed by atoms with Gasteiger partial charge in [-0.15, -0.1) is 0 Å². The lowest BCUT2D eigenvalue weighted by Crippen LogP contribution is -2.45. The van der Waals surface area contributed by atoms with Crippen LogP contribution < -0.4 is 22.1 Å². The van der Waals surface area contributed by atoms with Crippen LogP contribution in [0.1, 0.15) is 47.1 Å². The molecule has 0 aliphatic carbocycles. The van der Waals surface area contributed by atoms with Gasteiger partial charge in [-0.05, 0) is 59.4 Å². The van der Waals surface area contributed by atoms with Gasteiger partial charge in [0, 0.05) is 77.6 Å². The van der Waals surface area contributed by atoms with Gasteiger partial charge in [0.1, 0.15) is 11.2 Å². The molecule has 0 aliphatic heterocycles. The molecule has 0 unspecified atom stereocenters. The Labute approximate surface area is 244 Å². The largest absolute Gasteiger partial charge is 0.444 e. The monoisotopic (exact) mass is 581 g/mol. The molecule has 6 N–H and O–H groups in total. The predicted molar refractivity (Wildman–Crippen MR) is 160 cm³/mol. The molecule has 0 radical (unpaired) electrons. The van der Waals surface area contributed by atoms with Crippen molar-refractivity contribution in [2.75, 3.05) is 65.4 Å². The molecule has 2 amide bonds. The van der Waals surface area contributed by atoms with E-state index in [0.29, 0.717) is 71.9 Å². The molecule has 0 saturated carbocycles. The van der Waals surface area contributed by atoms with Crippen molar-refractivity contribution in [1.82, 2.24) is 20.4 Å². The minimum absolute atomic E-state index is 0.0428. The van der Waals surface area contributed by atoms with E-state index in [2.05, 4.69) is 20.4 Å². The number of amides is 2. The highest BCUT2D eigenvalue weighted by atomic mass is 16.6. The predicted octanol–water partition coefficient (Wildman–Crippen LogP) is 2.32. The molecule has 0 atom stereocenters. The third-order valence-electron chi connectivity index (χ3n) is 5.79. The van der Waals surface area contributed by atoms with Crippen LogP contribution in [-0.2, 0) is 15.9 Å². The first-order valence-electron chi connectivity index (χ1n) is 14.1. The molecule has 234 valence electrons. The third kappa shape index (κ3) is 17.4. The molecule has 13 heteroatoms. The van der Waals surface area contributed by atoms with Crippen LogP contribution in [0.25, 0.3) is 0 Å². The SMILES string of the molecule is CC(C)(C)OC(=O)NCCN(CCN)CC(Cc1ccc([N+](=O)[O-])cc1)CN(CCN)CCNC(=O)OC(C)(C)C. The molecule has 1 aromatic rings. The topological polar surface area (TPSA) is 178 Å². The molecule has 1 rings (SSSR count). The number of nitrogens with two attached hydrogens (primary N) is 2. The first-order valence-corrected chi connectivity index (χ1v) is 14.1. The molecular weight excluding hydrogens is 530 g/mol. The highest BCUT2D eigenvalue weighted by Gasteiger charge is 2.21. The van der Waals surface area contributed by atoms with Gasteiger partial charge in [-0.25, -0.2) is 9.59 Å². The summed E-state index contributed by atoms with van der Waals surface area (Å²) < 4.78 is 10.7. The Kier molecular flexibility index (Phi) is 15.6. The van der Waals surface area contributed by atoms with Gasteiger partial charge in [-0.1, -0.05) is 12.1 Å². The number of benzene rings is 1. The number of hydrogen-bond acceptors (Lipinski definition) is 10. The summed E-state index contributed by atoms with van der Waals surface area (Å²) in [6, 6.07) is 6.58. The lowest BCUT2D eigenvalue weighted by Gasteiger charge is -2.32. The van der Waals surface area contributed by atoms with Crippen LogP contribution >= 0.6 is 0 Å². The number of ether oxygens (including phenoxy) is 2. The number of alkyl carbamates (subject to hydrolysis) is 2. The number of nitro benzene ring substituents is 1. The van der Waals surface area contributed by atoms with Crippen LogP contribution in [0.3, 0.4) is 0 Å². The molecule has 41 heavy (non-hydrogen) atoms. The zero-order valence-electron chi connectivity index (χ0n) is 25.6. The van der Waals surface area contributed by atoms with Crippen molar-refractivity contribution < 1.29 is 24.0 Å². The average Bonchev–Trinajstić information content (AvgIpc) is 2.82. The van der Waals surface area contributed by atoms with Crippen LogP contribution in [0.15, 0.2) is 24.3 Å². The molecular formula is C28H51N7O6. The summed E-state index contributed by atoms with van der Waals surface area (Å²) in [4.78, 5) is 39.3. The summed E-state index contributed by atoms with van der Waals surface area (Å²) in [6.45, 7) is 16.3. The quantitative estimate of drug-likeness (QED) is 0.158. The molecule has 1 aromatic carbocycles. The van der Waals surface area contributed by atoms with Gasteiger partial charge < -0.3 is 31.6 Å². The van der Waals surface area contributed by atoms with E-state index in [-0.39, 0.29) is 11.6 Å². The van der Waals surface area contributed by atoms with Crippen molar-refractivity contribution in [2.24, 2.45) is 17.4 Å². The van der Waals surface area contributed by atoms with Gasteiger partial charge >= 0.3 is 12.2 Å². The van der Waals surface area contributed by atoms with E-state index >= 15 is 0 Å². The summed E-state index contributed by atoms with van der Waals surface area (Å²) in [5.74, 6) is 0.109. The number of nitrogens with one attached hydrogen (secondary N) is 2. The Hall–Kier alpha value is -3.00. The number of rotatable bonds is 17. The van der Waals surface area contributed by atoms with E-state index in [9.17, 15) is 19.7 Å². The minimum Gasteiger partial charge on any atom is -0.444 e. The van der Waals surface area contributed by atoms with Crippen molar-refractivity contribution in [3.8, 4) is 0 Å². The second-order valence-corrected chi connectivity index (χ2v) is 12.0. The zero-order valence-corrected chi connectivity index (χ0v) is 25.6. The van der Waals surface area contributed by atoms with Crippen LogP contribution in [0.2, 0.25) is 0 Å². The molecule has 0 saturated heterocycles. The van der Waals surface area contributed by atoms with Crippen molar-refractivity contribution in [1.29, 1.82) is 0 Å². The van der Waals surface area contributed by atoms with Gasteiger partial charge in [0.2, 0.25) is 0 Å². The standard InChI is InChI=1S/C28H51N7O6/c1-27(2,3)40-25(36)31-13-17-33(15-11-29)20-23(19-22-7-9-24(10-8-22)35(38)39)21-34(16-12-30)18-14-32-26(37)41-28(4,5)6/h7-10,23H,11-21,29-30H2,1-6H3,(H,31,36)(H,32,37). The fourth-order valence-corrected chi connectivity index (χ4v) is 4.22. The Morgan fingerprint density at radius 3 is 1.59 bits per heavy atom. The highest BCUT2D eigenvalue weighted by molar-refractivity contribution is 5.67. The number of carbonyl (C=O) groups excluding carboxylic acids is 2. The van der Waals surface area contributed by atoms with Crippen LogP contribution in [0.4, 0.5) is 15.3 Å². The van der Waals surface area contributed by atoms with E-state index in [1.54, 1.807) is 12.1 Å². The Balaban J connectivity index is 2.95. The summed E-state index contributed by atoms with van der Waals surface area (Å²) in [6.07, 6.45) is -0.280. The fourth-order valence-electron chi connectivity index (χ4n) is 4.22. The minimum atomic E-state index is -0.582. The highest BCUT2D eigenvalue weighted by Crippen LogP contribution is 2.17. The maximum absolute atomic E-state index is 12.1. The van der Waals surface area contributed by atoms with E-state index in [1.807, 2.05) is 41.5 Å². The van der Waals surface area contributed by atoms with E-state index in [0.717, 1.165) is 5.56 Å². The third-order valence-corrected chi connectivity index (χ3v) is 5.79. The number of nitro groups is 1. The summed E-state index contributed by atoms with van der Waals surface area (Å²) in [7, 11) is 0. The number of nitrogens with zero attached hydrogens (tertiary/aromatic N) is 3.